The minimum atomic E-state index is -1.05. The molecule has 1 aromatic carbocycles. The number of hydrogen-bond acceptors (Lipinski definition) is 3. The Labute approximate surface area is 112 Å². The first-order valence-electron chi connectivity index (χ1n) is 5.66. The van der Waals surface area contributed by atoms with E-state index in [1.54, 1.807) is 0 Å². The van der Waals surface area contributed by atoms with E-state index >= 15 is 0 Å². The van der Waals surface area contributed by atoms with Gasteiger partial charge < -0.3 is 10.4 Å². The van der Waals surface area contributed by atoms with E-state index in [9.17, 15) is 23.2 Å². The summed E-state index contributed by atoms with van der Waals surface area (Å²) in [6.45, 7) is 0. The second kappa shape index (κ2) is 7.17. The predicted octanol–water partition coefficient (Wildman–Crippen LogP) is 1.87. The lowest BCUT2D eigenvalue weighted by Crippen LogP contribution is -2.34. The Bertz CT molecular complexity index is 534. The van der Waals surface area contributed by atoms with Crippen LogP contribution in [0.1, 0.15) is 19.3 Å². The van der Waals surface area contributed by atoms with Crippen molar-refractivity contribution < 1.29 is 28.3 Å². The minimum Gasteiger partial charge on any atom is -0.481 e. The smallest absolute Gasteiger partial charge is 0.325 e. The molecule has 0 saturated carbocycles. The third-order valence-corrected chi connectivity index (χ3v) is 2.22. The summed E-state index contributed by atoms with van der Waals surface area (Å²) >= 11 is 0. The van der Waals surface area contributed by atoms with Gasteiger partial charge in [0.05, 0.1) is 5.69 Å². The van der Waals surface area contributed by atoms with Gasteiger partial charge in [-0.3, -0.25) is 14.9 Å². The summed E-state index contributed by atoms with van der Waals surface area (Å²) < 4.78 is 26.0. The molecule has 0 radical (unpaired) electrons. The third-order valence-electron chi connectivity index (χ3n) is 2.22. The van der Waals surface area contributed by atoms with E-state index < -0.39 is 35.2 Å². The van der Waals surface area contributed by atoms with E-state index in [-0.39, 0.29) is 19.3 Å². The molecule has 0 heterocycles. The Morgan fingerprint density at radius 3 is 2.50 bits per heavy atom. The fourth-order valence-electron chi connectivity index (χ4n) is 1.34. The number of carbonyl (C=O) groups is 3. The summed E-state index contributed by atoms with van der Waals surface area (Å²) in [7, 11) is 0. The lowest BCUT2D eigenvalue weighted by molar-refractivity contribution is -0.137. The Morgan fingerprint density at radius 2 is 1.85 bits per heavy atom. The van der Waals surface area contributed by atoms with Gasteiger partial charge in [-0.05, 0) is 18.6 Å². The second-order valence-electron chi connectivity index (χ2n) is 3.87. The van der Waals surface area contributed by atoms with Crippen LogP contribution in [0.15, 0.2) is 18.2 Å². The average Bonchev–Trinajstić information content (AvgIpc) is 2.33. The lowest BCUT2D eigenvalue weighted by Gasteiger charge is -2.07. The number of carboxylic acids is 1. The van der Waals surface area contributed by atoms with Crippen LogP contribution in [-0.4, -0.2) is 23.0 Å². The van der Waals surface area contributed by atoms with Gasteiger partial charge in [0.1, 0.15) is 11.6 Å². The van der Waals surface area contributed by atoms with E-state index in [1.807, 2.05) is 10.6 Å². The molecular formula is C12H12F2N2O4. The van der Waals surface area contributed by atoms with Crippen LogP contribution in [0.5, 0.6) is 0 Å². The van der Waals surface area contributed by atoms with Crippen molar-refractivity contribution in [3.05, 3.63) is 29.8 Å². The van der Waals surface area contributed by atoms with Gasteiger partial charge in [0.25, 0.3) is 0 Å². The van der Waals surface area contributed by atoms with Crippen molar-refractivity contribution in [1.29, 1.82) is 0 Å². The van der Waals surface area contributed by atoms with E-state index in [0.717, 1.165) is 18.2 Å². The summed E-state index contributed by atoms with van der Waals surface area (Å²) in [6, 6.07) is 1.47. The number of aliphatic carboxylic acids is 1. The standard InChI is InChI=1S/C12H12F2N2O4/c13-7-4-5-8(14)9(6-7)15-12(20)16-10(17)2-1-3-11(18)19/h4-6H,1-3H2,(H,18,19)(H2,15,16,17,20). The number of amides is 3. The number of rotatable bonds is 5. The maximum atomic E-state index is 13.2. The predicted molar refractivity (Wildman–Crippen MR) is 65.0 cm³/mol. The number of urea groups is 1. The van der Waals surface area contributed by atoms with Crippen molar-refractivity contribution in [2.45, 2.75) is 19.3 Å². The first kappa shape index (κ1) is 15.5. The molecule has 3 amide bonds. The topological polar surface area (TPSA) is 95.5 Å². The molecule has 0 aromatic heterocycles. The molecule has 6 nitrogen and oxygen atoms in total. The molecule has 1 aromatic rings. The largest absolute Gasteiger partial charge is 0.481 e. The van der Waals surface area contributed by atoms with Crippen LogP contribution >= 0.6 is 0 Å². The van der Waals surface area contributed by atoms with Crippen molar-refractivity contribution in [1.82, 2.24) is 5.32 Å². The number of nitrogens with one attached hydrogen (secondary N) is 2. The van der Waals surface area contributed by atoms with Crippen LogP contribution in [-0.2, 0) is 9.59 Å². The van der Waals surface area contributed by atoms with E-state index in [2.05, 4.69) is 0 Å². The number of halogens is 2. The van der Waals surface area contributed by atoms with Gasteiger partial charge in [0, 0.05) is 18.9 Å². The molecule has 20 heavy (non-hydrogen) atoms. The fourth-order valence-corrected chi connectivity index (χ4v) is 1.34. The monoisotopic (exact) mass is 286 g/mol. The quantitative estimate of drug-likeness (QED) is 0.770. The Kier molecular flexibility index (Phi) is 5.57. The molecular weight excluding hydrogens is 274 g/mol. The SMILES string of the molecule is O=C(O)CCCC(=O)NC(=O)Nc1cc(F)ccc1F. The molecule has 108 valence electrons. The normalized spacial score (nSPS) is 9.90. The molecule has 0 atom stereocenters. The zero-order valence-corrected chi connectivity index (χ0v) is 10.3. The number of anilines is 1. The average molecular weight is 286 g/mol. The maximum absolute atomic E-state index is 13.2. The highest BCUT2D eigenvalue weighted by molar-refractivity contribution is 6.01. The molecule has 3 N–H and O–H groups in total. The summed E-state index contributed by atoms with van der Waals surface area (Å²) in [5, 5.41) is 12.2. The van der Waals surface area contributed by atoms with Crippen molar-refractivity contribution in [3.63, 3.8) is 0 Å². The lowest BCUT2D eigenvalue weighted by atomic mass is 10.2. The van der Waals surface area contributed by atoms with Crippen LogP contribution in [0, 0.1) is 11.6 Å². The van der Waals surface area contributed by atoms with Crippen molar-refractivity contribution in [2.75, 3.05) is 5.32 Å². The minimum absolute atomic E-state index is 0.0722. The molecule has 0 aliphatic carbocycles. The number of hydrogen-bond donors (Lipinski definition) is 3. The molecule has 0 bridgehead atoms. The van der Waals surface area contributed by atoms with Crippen LogP contribution in [0.3, 0.4) is 0 Å². The molecule has 1 rings (SSSR count). The zero-order chi connectivity index (χ0) is 15.1. The highest BCUT2D eigenvalue weighted by atomic mass is 19.1. The van der Waals surface area contributed by atoms with Gasteiger partial charge in [-0.15, -0.1) is 0 Å². The molecule has 0 saturated heterocycles. The summed E-state index contributed by atoms with van der Waals surface area (Å²) in [5.74, 6) is -3.35. The molecule has 0 unspecified atom stereocenters. The van der Waals surface area contributed by atoms with Crippen molar-refractivity contribution in [3.8, 4) is 0 Å². The molecule has 0 spiro atoms. The number of carbonyl (C=O) groups excluding carboxylic acids is 2. The second-order valence-corrected chi connectivity index (χ2v) is 3.87. The van der Waals surface area contributed by atoms with Gasteiger partial charge in [0.15, 0.2) is 0 Å². The first-order valence-corrected chi connectivity index (χ1v) is 5.66. The van der Waals surface area contributed by atoms with Crippen molar-refractivity contribution in [2.24, 2.45) is 0 Å². The summed E-state index contributed by atoms with van der Waals surface area (Å²) in [4.78, 5) is 32.8. The van der Waals surface area contributed by atoms with Crippen LogP contribution in [0.2, 0.25) is 0 Å². The number of carboxylic acid groups (broad SMARTS) is 1. The third kappa shape index (κ3) is 5.42. The summed E-state index contributed by atoms with van der Waals surface area (Å²) in [6.07, 6.45) is -0.290. The van der Waals surface area contributed by atoms with Crippen LogP contribution in [0.4, 0.5) is 19.3 Å². The molecule has 8 heteroatoms. The van der Waals surface area contributed by atoms with Gasteiger partial charge in [-0.25, -0.2) is 13.6 Å². The highest BCUT2D eigenvalue weighted by Crippen LogP contribution is 2.14. The summed E-state index contributed by atoms with van der Waals surface area (Å²) in [5.41, 5.74) is -0.402. The Morgan fingerprint density at radius 1 is 1.15 bits per heavy atom. The van der Waals surface area contributed by atoms with E-state index in [0.29, 0.717) is 0 Å². The maximum Gasteiger partial charge on any atom is 0.325 e. The number of benzene rings is 1. The first-order chi connectivity index (χ1) is 9.38. The molecule has 0 fully saturated rings. The van der Waals surface area contributed by atoms with Gasteiger partial charge >= 0.3 is 12.0 Å². The fraction of sp³-hybridized carbons (Fsp3) is 0.250. The van der Waals surface area contributed by atoms with Gasteiger partial charge in [0.2, 0.25) is 5.91 Å². The molecule has 0 aliphatic rings. The van der Waals surface area contributed by atoms with Gasteiger partial charge in [-0.2, -0.15) is 0 Å². The highest BCUT2D eigenvalue weighted by Gasteiger charge is 2.11. The molecule has 0 aliphatic heterocycles. The van der Waals surface area contributed by atoms with E-state index in [4.69, 9.17) is 5.11 Å². The Hall–Kier alpha value is -2.51. The van der Waals surface area contributed by atoms with Crippen LogP contribution in [0.25, 0.3) is 0 Å². The van der Waals surface area contributed by atoms with E-state index in [1.165, 1.54) is 0 Å². The van der Waals surface area contributed by atoms with Crippen LogP contribution < -0.4 is 10.6 Å². The van der Waals surface area contributed by atoms with Gasteiger partial charge in [-0.1, -0.05) is 0 Å². The zero-order valence-electron chi connectivity index (χ0n) is 10.3. The van der Waals surface area contributed by atoms with Crippen molar-refractivity contribution >= 4 is 23.6 Å². The number of imide groups is 1. The Balaban J connectivity index is 2.45.